The van der Waals surface area contributed by atoms with Crippen LogP contribution in [0.2, 0.25) is 0 Å². The Morgan fingerprint density at radius 1 is 1.50 bits per heavy atom. The molecule has 0 fully saturated rings. The minimum Gasteiger partial charge on any atom is -0.508 e. The third-order valence-corrected chi connectivity index (χ3v) is 1.04. The predicted octanol–water partition coefficient (Wildman–Crippen LogP) is 1.09. The first kappa shape index (κ1) is 5.29. The Morgan fingerprint density at radius 3 is 2.70 bits per heavy atom. The van der Waals surface area contributed by atoms with E-state index in [1.54, 1.807) is 0 Å². The highest BCUT2D eigenvalue weighted by molar-refractivity contribution is 5.87. The summed E-state index contributed by atoms with van der Waals surface area (Å²) in [5.74, 6) is -1.31. The zero-order chi connectivity index (χ0) is 8.43. The van der Waals surface area contributed by atoms with Crippen LogP contribution in [0.4, 0.5) is 0 Å². The molecule has 0 spiro atoms. The van der Waals surface area contributed by atoms with Crippen LogP contribution in [0, 0.1) is 0 Å². The van der Waals surface area contributed by atoms with Crippen LogP contribution < -0.4 is 0 Å². The molecule has 0 bridgehead atoms. The smallest absolute Gasteiger partial charge is 0.335 e. The van der Waals surface area contributed by atoms with E-state index in [-0.39, 0.29) is 17.4 Å². The molecule has 0 atom stereocenters. The van der Waals surface area contributed by atoms with Gasteiger partial charge in [-0.1, -0.05) is 0 Å². The van der Waals surface area contributed by atoms with Gasteiger partial charge in [-0.25, -0.2) is 4.79 Å². The van der Waals surface area contributed by atoms with E-state index in [0.29, 0.717) is 0 Å². The van der Waals surface area contributed by atoms with Gasteiger partial charge in [0.25, 0.3) is 0 Å². The third kappa shape index (κ3) is 1.25. The summed E-state index contributed by atoms with van der Waals surface area (Å²) in [4.78, 5) is 10.3. The van der Waals surface area contributed by atoms with Crippen molar-refractivity contribution in [3.8, 4) is 5.75 Å². The lowest BCUT2D eigenvalue weighted by molar-refractivity contribution is 0.0697. The number of hydrogen-bond acceptors (Lipinski definition) is 2. The first-order valence-corrected chi connectivity index (χ1v) is 2.64. The van der Waals surface area contributed by atoms with E-state index >= 15 is 0 Å². The molecule has 0 saturated heterocycles. The Bertz CT molecular complexity index is 296. The largest absolute Gasteiger partial charge is 0.508 e. The molecular formula is C7H6O3. The summed E-state index contributed by atoms with van der Waals surface area (Å²) in [7, 11) is 0. The molecular weight excluding hydrogens is 132 g/mol. The highest BCUT2D eigenvalue weighted by Gasteiger charge is 1.99. The minimum absolute atomic E-state index is 0.00722. The van der Waals surface area contributed by atoms with Gasteiger partial charge in [-0.2, -0.15) is 0 Å². The topological polar surface area (TPSA) is 57.5 Å². The number of carboxylic acids is 1. The number of hydrogen-bond donors (Lipinski definition) is 2. The zero-order valence-electron chi connectivity index (χ0n) is 6.03. The van der Waals surface area contributed by atoms with E-state index in [2.05, 4.69) is 0 Å². The van der Waals surface area contributed by atoms with Crippen molar-refractivity contribution in [2.75, 3.05) is 0 Å². The number of aromatic carboxylic acids is 1. The molecule has 0 unspecified atom stereocenters. The van der Waals surface area contributed by atoms with Crippen LogP contribution in [0.5, 0.6) is 5.75 Å². The Hall–Kier alpha value is -1.51. The fraction of sp³-hybridized carbons (Fsp3) is 0. The number of carboxylic acid groups (broad SMARTS) is 1. The molecule has 0 aliphatic carbocycles. The summed E-state index contributed by atoms with van der Waals surface area (Å²) in [6, 6.07) is 3.35. The van der Waals surface area contributed by atoms with Gasteiger partial charge in [0.05, 0.1) is 6.93 Å². The fourth-order valence-corrected chi connectivity index (χ4v) is 0.550. The number of phenolic OH excluding ortho intramolecular Hbond substituents is 1. The Kier molecular flexibility index (Phi) is 1.26. The number of phenols is 1. The molecule has 3 heteroatoms. The monoisotopic (exact) mass is 139 g/mol. The molecule has 1 aromatic rings. The number of benzene rings is 1. The second-order valence-electron chi connectivity index (χ2n) is 1.77. The molecule has 0 radical (unpaired) electrons. The molecule has 1 rings (SSSR count). The van der Waals surface area contributed by atoms with Crippen LogP contribution in [-0.2, 0) is 0 Å². The zero-order valence-corrected chi connectivity index (χ0v) is 5.03. The van der Waals surface area contributed by atoms with E-state index < -0.39 is 5.97 Å². The van der Waals surface area contributed by atoms with Gasteiger partial charge in [0.1, 0.15) is 5.75 Å². The Balaban J connectivity index is 3.15. The summed E-state index contributed by atoms with van der Waals surface area (Å²) in [5.41, 5.74) is 0.00722. The molecule has 0 aliphatic heterocycles. The van der Waals surface area contributed by atoms with E-state index in [1.165, 1.54) is 12.1 Å². The first-order valence-electron chi connectivity index (χ1n) is 3.14. The van der Waals surface area contributed by atoms with E-state index in [0.717, 1.165) is 6.07 Å². The molecule has 0 amide bonds. The van der Waals surface area contributed by atoms with Gasteiger partial charge in [-0.15, -0.1) is 0 Å². The Labute approximate surface area is 59.0 Å². The summed E-state index contributed by atoms with van der Waals surface area (Å²) in [5, 5.41) is 17.3. The molecule has 0 aliphatic rings. The molecule has 10 heavy (non-hydrogen) atoms. The van der Waals surface area contributed by atoms with Crippen molar-refractivity contribution in [1.82, 2.24) is 0 Å². The van der Waals surface area contributed by atoms with E-state index in [1.807, 2.05) is 0 Å². The first-order chi connectivity index (χ1) is 5.11. The second kappa shape index (κ2) is 2.39. The molecule has 0 aromatic heterocycles. The molecule has 3 nitrogen and oxygen atoms in total. The van der Waals surface area contributed by atoms with Gasteiger partial charge < -0.3 is 10.2 Å². The number of rotatable bonds is 1. The lowest BCUT2D eigenvalue weighted by atomic mass is 10.2. The van der Waals surface area contributed by atoms with Crippen LogP contribution in [0.3, 0.4) is 0 Å². The Morgan fingerprint density at radius 2 is 2.20 bits per heavy atom. The minimum atomic E-state index is -1.10. The highest BCUT2D eigenvalue weighted by Crippen LogP contribution is 2.08. The SMILES string of the molecule is [2H]c1cc(C(=O)O)ccc1O. The second-order valence-corrected chi connectivity index (χ2v) is 1.77. The van der Waals surface area contributed by atoms with Crippen molar-refractivity contribution in [1.29, 1.82) is 0 Å². The van der Waals surface area contributed by atoms with Crippen molar-refractivity contribution in [2.24, 2.45) is 0 Å². The van der Waals surface area contributed by atoms with Crippen LogP contribution in [0.1, 0.15) is 11.7 Å². The maximum absolute atomic E-state index is 10.3. The van der Waals surface area contributed by atoms with Crippen molar-refractivity contribution < 1.29 is 16.4 Å². The molecule has 0 heterocycles. The lowest BCUT2D eigenvalue weighted by Crippen LogP contribution is -1.93. The number of aromatic hydroxyl groups is 1. The van der Waals surface area contributed by atoms with Gasteiger partial charge in [0, 0.05) is 0 Å². The van der Waals surface area contributed by atoms with Gasteiger partial charge in [-0.05, 0) is 24.2 Å². The van der Waals surface area contributed by atoms with Gasteiger partial charge in [0.15, 0.2) is 0 Å². The van der Waals surface area contributed by atoms with Crippen LogP contribution in [0.15, 0.2) is 24.2 Å². The molecule has 0 saturated carbocycles. The molecule has 1 aromatic carbocycles. The quantitative estimate of drug-likeness (QED) is 0.612. The van der Waals surface area contributed by atoms with Crippen LogP contribution in [0.25, 0.3) is 0 Å². The molecule has 2 N–H and O–H groups in total. The fourth-order valence-electron chi connectivity index (χ4n) is 0.550. The molecule has 52 valence electrons. The summed E-state index contributed by atoms with van der Waals surface area (Å²) in [6.45, 7) is 0. The van der Waals surface area contributed by atoms with Crippen molar-refractivity contribution in [3.05, 3.63) is 29.8 Å². The van der Waals surface area contributed by atoms with E-state index in [4.69, 9.17) is 11.6 Å². The summed E-state index contributed by atoms with van der Waals surface area (Å²) in [6.07, 6.45) is 0. The van der Waals surface area contributed by atoms with Crippen LogP contribution >= 0.6 is 0 Å². The van der Waals surface area contributed by atoms with Crippen LogP contribution in [-0.4, -0.2) is 16.2 Å². The number of carbonyl (C=O) groups is 1. The van der Waals surface area contributed by atoms with Gasteiger partial charge >= 0.3 is 5.97 Å². The predicted molar refractivity (Wildman–Crippen MR) is 35.1 cm³/mol. The standard InChI is InChI=1S/C7H6O3/c8-6-3-1-5(2-4-6)7(9)10/h1-4,8H,(H,9,10)/i3D. The third-order valence-electron chi connectivity index (χ3n) is 1.04. The van der Waals surface area contributed by atoms with Gasteiger partial charge in [0.2, 0.25) is 0 Å². The van der Waals surface area contributed by atoms with E-state index in [9.17, 15) is 4.79 Å². The maximum Gasteiger partial charge on any atom is 0.335 e. The highest BCUT2D eigenvalue weighted by atomic mass is 16.4. The maximum atomic E-state index is 10.3. The summed E-state index contributed by atoms with van der Waals surface area (Å²) >= 11 is 0. The van der Waals surface area contributed by atoms with Crippen molar-refractivity contribution >= 4 is 5.97 Å². The summed E-state index contributed by atoms with van der Waals surface area (Å²) < 4.78 is 7.04. The lowest BCUT2D eigenvalue weighted by Gasteiger charge is -1.92. The van der Waals surface area contributed by atoms with Crippen molar-refractivity contribution in [3.63, 3.8) is 0 Å². The van der Waals surface area contributed by atoms with Crippen molar-refractivity contribution in [2.45, 2.75) is 0 Å². The van der Waals surface area contributed by atoms with Gasteiger partial charge in [-0.3, -0.25) is 0 Å². The normalized spacial score (nSPS) is 10.6. The average Bonchev–Trinajstić information content (AvgIpc) is 1.94. The average molecular weight is 139 g/mol.